The zero-order valence-electron chi connectivity index (χ0n) is 21.0. The van der Waals surface area contributed by atoms with E-state index < -0.39 is 35.8 Å². The number of nitrogens with zero attached hydrogens (tertiary/aromatic N) is 1. The maximum atomic E-state index is 15.3. The summed E-state index contributed by atoms with van der Waals surface area (Å²) < 4.78 is 21.7. The van der Waals surface area contributed by atoms with Crippen molar-refractivity contribution in [2.45, 2.75) is 83.8 Å². The van der Waals surface area contributed by atoms with Crippen LogP contribution in [0, 0.1) is 34.9 Å². The number of rotatable bonds is 6. The fraction of sp³-hybridized carbons (Fsp3) is 0.714. The van der Waals surface area contributed by atoms with E-state index in [9.17, 15) is 19.8 Å². The summed E-state index contributed by atoms with van der Waals surface area (Å²) in [6, 6.07) is 1.73. The molecule has 0 spiro atoms. The van der Waals surface area contributed by atoms with Crippen molar-refractivity contribution in [1.82, 2.24) is 4.90 Å². The van der Waals surface area contributed by atoms with Crippen LogP contribution in [-0.4, -0.2) is 52.3 Å². The molecule has 1 saturated heterocycles. The summed E-state index contributed by atoms with van der Waals surface area (Å²) in [6.07, 6.45) is 6.92. The van der Waals surface area contributed by atoms with Crippen LogP contribution in [0.25, 0.3) is 0 Å². The maximum Gasteiger partial charge on any atom is 0.326 e. The molecule has 7 heteroatoms. The van der Waals surface area contributed by atoms with Crippen molar-refractivity contribution in [2.24, 2.45) is 29.1 Å². The molecule has 1 aromatic rings. The van der Waals surface area contributed by atoms with Crippen molar-refractivity contribution in [3.8, 4) is 5.75 Å². The third kappa shape index (κ3) is 4.56. The van der Waals surface area contributed by atoms with Crippen LogP contribution in [0.15, 0.2) is 12.1 Å². The number of carbonyl (C=O) groups is 2. The lowest BCUT2D eigenvalue weighted by atomic mass is 9.67. The van der Waals surface area contributed by atoms with Crippen LogP contribution >= 0.6 is 0 Å². The van der Waals surface area contributed by atoms with Gasteiger partial charge in [0.15, 0.2) is 0 Å². The fourth-order valence-corrected chi connectivity index (χ4v) is 7.30. The number of benzene rings is 1. The maximum absolute atomic E-state index is 15.3. The molecular formula is C28H38FNO5. The van der Waals surface area contributed by atoms with Gasteiger partial charge < -0.3 is 19.8 Å². The highest BCUT2D eigenvalue weighted by molar-refractivity contribution is 5.97. The normalized spacial score (nSPS) is 36.8. The van der Waals surface area contributed by atoms with Crippen LogP contribution in [0.1, 0.15) is 87.6 Å². The summed E-state index contributed by atoms with van der Waals surface area (Å²) in [5.41, 5.74) is 0.824. The van der Waals surface area contributed by atoms with Crippen LogP contribution in [0.4, 0.5) is 4.39 Å². The standard InChI is InChI=1S/C28H38FNO5/c1-15-8-19-6-7-28(11-15,12-16(19)2)14-35-24-10-22(29)21(9-20(24)18-4-5-18)26(32)30-13-23(31)17(3)25(30)27(33)34/h9-10,15-19,23,25,31H,4-8,11-14H2,1-3H3,(H,33,34)/t15?,16?,17-,19?,23+,25-,28?/m0/s1. The van der Waals surface area contributed by atoms with Gasteiger partial charge in [0.1, 0.15) is 17.6 Å². The van der Waals surface area contributed by atoms with Gasteiger partial charge in [-0.15, -0.1) is 0 Å². The minimum atomic E-state index is -1.19. The van der Waals surface area contributed by atoms with Gasteiger partial charge in [-0.05, 0) is 80.2 Å². The van der Waals surface area contributed by atoms with E-state index in [0.29, 0.717) is 24.2 Å². The SMILES string of the molecule is CC1CC2CCC(COc3cc(F)c(C(=O)N4C[C@@H](O)[C@H](C)[C@H]4C(=O)O)cc3C3CC3)(C1)CC2C. The molecule has 2 N–H and O–H groups in total. The van der Waals surface area contributed by atoms with Gasteiger partial charge in [-0.3, -0.25) is 4.79 Å². The summed E-state index contributed by atoms with van der Waals surface area (Å²) >= 11 is 0. The number of aliphatic hydroxyl groups is 1. The lowest BCUT2D eigenvalue weighted by Crippen LogP contribution is -2.43. The quantitative estimate of drug-likeness (QED) is 0.600. The molecule has 1 amide bonds. The molecule has 1 aliphatic heterocycles. The average Bonchev–Trinajstić information content (AvgIpc) is 3.61. The topological polar surface area (TPSA) is 87.1 Å². The Morgan fingerprint density at radius 1 is 1.17 bits per heavy atom. The van der Waals surface area contributed by atoms with Crippen LogP contribution in [0.2, 0.25) is 0 Å². The Morgan fingerprint density at radius 3 is 2.57 bits per heavy atom. The van der Waals surface area contributed by atoms with E-state index >= 15 is 4.39 Å². The molecule has 4 saturated carbocycles. The van der Waals surface area contributed by atoms with Gasteiger partial charge in [-0.1, -0.05) is 20.8 Å². The Kier molecular flexibility index (Phi) is 6.35. The second kappa shape index (κ2) is 9.06. The number of aliphatic hydroxyl groups excluding tert-OH is 1. The number of carboxylic acid groups (broad SMARTS) is 1. The highest BCUT2D eigenvalue weighted by atomic mass is 19.1. The summed E-state index contributed by atoms with van der Waals surface area (Å²) in [7, 11) is 0. The van der Waals surface area contributed by atoms with Crippen LogP contribution in [0.3, 0.4) is 0 Å². The number of hydrogen-bond acceptors (Lipinski definition) is 4. The molecule has 0 radical (unpaired) electrons. The van der Waals surface area contributed by atoms with Crippen LogP contribution in [-0.2, 0) is 4.79 Å². The van der Waals surface area contributed by atoms with E-state index in [1.807, 2.05) is 0 Å². The Labute approximate surface area is 206 Å². The van der Waals surface area contributed by atoms with Crippen molar-refractivity contribution in [3.05, 3.63) is 29.1 Å². The molecule has 1 aromatic carbocycles. The number of carboxylic acids is 1. The number of fused-ring (bicyclic) bond motifs is 4. The second-order valence-electron chi connectivity index (χ2n) is 12.1. The van der Waals surface area contributed by atoms with Crippen molar-refractivity contribution < 1.29 is 28.9 Å². The van der Waals surface area contributed by atoms with Gasteiger partial charge in [0.25, 0.3) is 5.91 Å². The molecule has 5 fully saturated rings. The van der Waals surface area contributed by atoms with E-state index in [4.69, 9.17) is 4.74 Å². The molecular weight excluding hydrogens is 449 g/mol. The smallest absolute Gasteiger partial charge is 0.326 e. The monoisotopic (exact) mass is 487 g/mol. The van der Waals surface area contributed by atoms with Crippen LogP contribution in [0.5, 0.6) is 5.75 Å². The first-order chi connectivity index (χ1) is 16.6. The zero-order chi connectivity index (χ0) is 25.1. The molecule has 0 aromatic heterocycles. The van der Waals surface area contributed by atoms with Gasteiger partial charge >= 0.3 is 5.97 Å². The Balaban J connectivity index is 1.40. The third-order valence-corrected chi connectivity index (χ3v) is 9.31. The van der Waals surface area contributed by atoms with Gasteiger partial charge in [0.2, 0.25) is 0 Å². The molecule has 1 heterocycles. The highest BCUT2D eigenvalue weighted by Gasteiger charge is 2.47. The molecule has 7 atom stereocenters. The predicted octanol–water partition coefficient (Wildman–Crippen LogP) is 4.84. The number of amides is 1. The Bertz CT molecular complexity index is 1010. The van der Waals surface area contributed by atoms with E-state index in [1.54, 1.807) is 13.0 Å². The number of halogens is 1. The third-order valence-electron chi connectivity index (χ3n) is 9.31. The van der Waals surface area contributed by atoms with E-state index in [0.717, 1.165) is 48.5 Å². The van der Waals surface area contributed by atoms with Crippen molar-refractivity contribution in [1.29, 1.82) is 0 Å². The summed E-state index contributed by atoms with van der Waals surface area (Å²) in [5.74, 6) is -0.301. The summed E-state index contributed by atoms with van der Waals surface area (Å²) in [6.45, 7) is 6.74. The van der Waals surface area contributed by atoms with Crippen molar-refractivity contribution >= 4 is 11.9 Å². The average molecular weight is 488 g/mol. The fourth-order valence-electron chi connectivity index (χ4n) is 7.30. The minimum absolute atomic E-state index is 0.118. The Hall–Kier alpha value is -2.15. The molecule has 192 valence electrons. The number of ether oxygens (including phenoxy) is 1. The summed E-state index contributed by atoms with van der Waals surface area (Å²) in [4.78, 5) is 26.1. The number of likely N-dealkylation sites (tertiary alicyclic amines) is 1. The largest absolute Gasteiger partial charge is 0.493 e. The highest BCUT2D eigenvalue weighted by Crippen LogP contribution is 2.53. The number of hydrogen-bond donors (Lipinski definition) is 2. The summed E-state index contributed by atoms with van der Waals surface area (Å²) in [5, 5.41) is 19.8. The Morgan fingerprint density at radius 2 is 1.91 bits per heavy atom. The lowest BCUT2D eigenvalue weighted by molar-refractivity contribution is -0.142. The molecule has 2 bridgehead atoms. The van der Waals surface area contributed by atoms with Crippen LogP contribution < -0.4 is 4.74 Å². The number of carbonyl (C=O) groups excluding carboxylic acids is 1. The van der Waals surface area contributed by atoms with Gasteiger partial charge in [-0.2, -0.15) is 0 Å². The van der Waals surface area contributed by atoms with E-state index in [-0.39, 0.29) is 23.4 Å². The molecule has 6 nitrogen and oxygen atoms in total. The van der Waals surface area contributed by atoms with Gasteiger partial charge in [-0.25, -0.2) is 9.18 Å². The van der Waals surface area contributed by atoms with E-state index in [2.05, 4.69) is 13.8 Å². The van der Waals surface area contributed by atoms with Crippen molar-refractivity contribution in [3.63, 3.8) is 0 Å². The second-order valence-corrected chi connectivity index (χ2v) is 12.1. The lowest BCUT2D eigenvalue weighted by Gasteiger charge is -2.40. The molecule has 5 aliphatic rings. The molecule has 35 heavy (non-hydrogen) atoms. The first-order valence-electron chi connectivity index (χ1n) is 13.3. The predicted molar refractivity (Wildman–Crippen MR) is 129 cm³/mol. The van der Waals surface area contributed by atoms with E-state index in [1.165, 1.54) is 18.9 Å². The minimum Gasteiger partial charge on any atom is -0.493 e. The zero-order valence-corrected chi connectivity index (χ0v) is 21.0. The first kappa shape index (κ1) is 24.5. The molecule has 6 rings (SSSR count). The molecule has 4 unspecified atom stereocenters. The number of aliphatic carboxylic acids is 1. The van der Waals surface area contributed by atoms with Gasteiger partial charge in [0, 0.05) is 23.9 Å². The first-order valence-corrected chi connectivity index (χ1v) is 13.3. The molecule has 4 aliphatic carbocycles. The van der Waals surface area contributed by atoms with Crippen molar-refractivity contribution in [2.75, 3.05) is 13.2 Å². The number of β-amino-alcohol motifs (C(OH)–C–C–N with tert-alkyl or cyclic N) is 1. The van der Waals surface area contributed by atoms with Gasteiger partial charge in [0.05, 0.1) is 18.3 Å².